The fourth-order valence-electron chi connectivity index (χ4n) is 4.79. The first-order valence-corrected chi connectivity index (χ1v) is 12.3. The lowest BCUT2D eigenvalue weighted by atomic mass is 9.88. The van der Waals surface area contributed by atoms with E-state index in [1.807, 2.05) is 34.6 Å². The van der Waals surface area contributed by atoms with Crippen LogP contribution in [0.1, 0.15) is 80.6 Å². The normalized spacial score (nSPS) is 29.2. The minimum absolute atomic E-state index is 0.0390. The molecule has 2 fully saturated rings. The first-order chi connectivity index (χ1) is 15.2. The Morgan fingerprint density at radius 3 is 2.53 bits per heavy atom. The Morgan fingerprint density at radius 2 is 1.91 bits per heavy atom. The summed E-state index contributed by atoms with van der Waals surface area (Å²) in [6, 6.07) is 0. The number of ether oxygens (including phenoxy) is 3. The van der Waals surface area contributed by atoms with Crippen LogP contribution in [0, 0.1) is 23.7 Å². The predicted molar refractivity (Wildman–Crippen MR) is 129 cm³/mol. The third kappa shape index (κ3) is 7.53. The predicted octanol–water partition coefficient (Wildman–Crippen LogP) is 6.39. The Morgan fingerprint density at radius 1 is 1.25 bits per heavy atom. The minimum Gasteiger partial charge on any atom is -0.491 e. The maximum Gasteiger partial charge on any atom is 0.333 e. The van der Waals surface area contributed by atoms with E-state index in [1.165, 1.54) is 0 Å². The Labute approximate surface area is 195 Å². The molecule has 1 saturated heterocycles. The van der Waals surface area contributed by atoms with Gasteiger partial charge >= 0.3 is 11.9 Å². The van der Waals surface area contributed by atoms with Crippen LogP contribution < -0.4 is 0 Å². The molecular weight excluding hydrogens is 404 g/mol. The second kappa shape index (κ2) is 13.5. The van der Waals surface area contributed by atoms with E-state index < -0.39 is 0 Å². The quantitative estimate of drug-likeness (QED) is 0.256. The van der Waals surface area contributed by atoms with E-state index in [0.717, 1.165) is 37.0 Å². The molecular formula is C27H44O5. The molecule has 1 saturated carbocycles. The van der Waals surface area contributed by atoms with Crippen LogP contribution in [0.4, 0.5) is 0 Å². The number of allylic oxidation sites excluding steroid dienone is 2. The Kier molecular flexibility index (Phi) is 11.8. The van der Waals surface area contributed by atoms with Crippen LogP contribution in [-0.4, -0.2) is 30.8 Å². The van der Waals surface area contributed by atoms with Crippen LogP contribution in [0.25, 0.3) is 0 Å². The molecule has 1 heterocycles. The van der Waals surface area contributed by atoms with E-state index >= 15 is 0 Å². The van der Waals surface area contributed by atoms with Gasteiger partial charge in [-0.3, -0.25) is 4.79 Å². The molecule has 5 heteroatoms. The Balaban J connectivity index is 0.00000121. The van der Waals surface area contributed by atoms with Crippen LogP contribution in [0.15, 0.2) is 36.1 Å². The van der Waals surface area contributed by atoms with Crippen molar-refractivity contribution in [3.05, 3.63) is 36.1 Å². The Hall–Kier alpha value is -2.04. The molecule has 0 aromatic heterocycles. The van der Waals surface area contributed by atoms with Gasteiger partial charge in [-0.05, 0) is 57.4 Å². The van der Waals surface area contributed by atoms with Crippen molar-refractivity contribution in [2.45, 2.75) is 92.8 Å². The van der Waals surface area contributed by atoms with Gasteiger partial charge in [0, 0.05) is 17.9 Å². The van der Waals surface area contributed by atoms with Crippen molar-refractivity contribution in [1.29, 1.82) is 0 Å². The van der Waals surface area contributed by atoms with Crippen molar-refractivity contribution in [3.63, 3.8) is 0 Å². The van der Waals surface area contributed by atoms with Gasteiger partial charge in [0.25, 0.3) is 0 Å². The van der Waals surface area contributed by atoms with Crippen molar-refractivity contribution in [2.75, 3.05) is 6.61 Å². The molecule has 0 amide bonds. The molecule has 5 nitrogen and oxygen atoms in total. The molecule has 3 rings (SSSR count). The zero-order valence-electron chi connectivity index (χ0n) is 21.2. The number of hydrogen-bond donors (Lipinski definition) is 0. The van der Waals surface area contributed by atoms with Gasteiger partial charge in [0.05, 0.1) is 18.3 Å². The highest BCUT2D eigenvalue weighted by Crippen LogP contribution is 2.46. The standard InChI is InChI=1S/C23H32O5.2C2H6/c1-13(2)22(24)26-7-6-17-8-14(3)9-18(12-17)27-16(5)21-19-10-15(4)11-20(19)23(25)28-21;2*1-2/h12,15-17,19-21H,1,3,6-11H2,2,4-5H3;2*1-2H3. The molecule has 3 aliphatic rings. The van der Waals surface area contributed by atoms with Crippen LogP contribution in [0.5, 0.6) is 0 Å². The molecule has 2 aliphatic carbocycles. The number of rotatable bonds is 7. The molecule has 6 atom stereocenters. The summed E-state index contributed by atoms with van der Waals surface area (Å²) in [4.78, 5) is 23.7. The van der Waals surface area contributed by atoms with Crippen LogP contribution in [0.2, 0.25) is 0 Å². The monoisotopic (exact) mass is 448 g/mol. The van der Waals surface area contributed by atoms with Crippen molar-refractivity contribution >= 4 is 11.9 Å². The van der Waals surface area contributed by atoms with E-state index in [9.17, 15) is 9.59 Å². The lowest BCUT2D eigenvalue weighted by Gasteiger charge is -2.29. The minimum atomic E-state index is -0.355. The van der Waals surface area contributed by atoms with Gasteiger partial charge in [-0.15, -0.1) is 0 Å². The number of carbonyl (C=O) groups excluding carboxylic acids is 2. The molecule has 0 bridgehead atoms. The summed E-state index contributed by atoms with van der Waals surface area (Å²) in [5, 5.41) is 0. The largest absolute Gasteiger partial charge is 0.491 e. The van der Waals surface area contributed by atoms with Gasteiger partial charge in [-0.2, -0.15) is 0 Å². The lowest BCUT2D eigenvalue weighted by molar-refractivity contribution is -0.149. The molecule has 0 aromatic rings. The second-order valence-corrected chi connectivity index (χ2v) is 8.80. The maximum atomic E-state index is 12.2. The fraction of sp³-hybridized carbons (Fsp3) is 0.704. The molecule has 32 heavy (non-hydrogen) atoms. The number of carbonyl (C=O) groups is 2. The summed E-state index contributed by atoms with van der Waals surface area (Å²) < 4.78 is 17.1. The average Bonchev–Trinajstić information content (AvgIpc) is 3.28. The molecule has 1 aliphatic heterocycles. The lowest BCUT2D eigenvalue weighted by Crippen LogP contribution is -2.32. The van der Waals surface area contributed by atoms with Crippen LogP contribution in [0.3, 0.4) is 0 Å². The summed E-state index contributed by atoms with van der Waals surface area (Å²) in [7, 11) is 0. The van der Waals surface area contributed by atoms with Gasteiger partial charge < -0.3 is 14.2 Å². The summed E-state index contributed by atoms with van der Waals surface area (Å²) in [6.07, 6.45) is 6.01. The van der Waals surface area contributed by atoms with Gasteiger partial charge in [0.2, 0.25) is 0 Å². The van der Waals surface area contributed by atoms with Gasteiger partial charge in [0.1, 0.15) is 12.2 Å². The topological polar surface area (TPSA) is 61.8 Å². The summed E-state index contributed by atoms with van der Waals surface area (Å²) in [6.45, 7) is 21.9. The molecule has 0 aromatic carbocycles. The molecule has 0 N–H and O–H groups in total. The van der Waals surface area contributed by atoms with Gasteiger partial charge in [-0.1, -0.05) is 53.3 Å². The third-order valence-corrected chi connectivity index (χ3v) is 6.09. The number of cyclic esters (lactones) is 1. The molecule has 182 valence electrons. The average molecular weight is 449 g/mol. The highest BCUT2D eigenvalue weighted by atomic mass is 16.6. The first-order valence-electron chi connectivity index (χ1n) is 12.3. The Bertz CT molecular complexity index is 692. The number of hydrogen-bond acceptors (Lipinski definition) is 5. The summed E-state index contributed by atoms with van der Waals surface area (Å²) in [5.74, 6) is 1.57. The smallest absolute Gasteiger partial charge is 0.333 e. The van der Waals surface area contributed by atoms with E-state index in [1.54, 1.807) is 6.92 Å². The maximum absolute atomic E-state index is 12.2. The van der Waals surface area contributed by atoms with Crippen LogP contribution in [-0.2, 0) is 23.8 Å². The van der Waals surface area contributed by atoms with Gasteiger partial charge in [0.15, 0.2) is 0 Å². The zero-order valence-corrected chi connectivity index (χ0v) is 21.2. The van der Waals surface area contributed by atoms with Crippen LogP contribution >= 0.6 is 0 Å². The highest BCUT2D eigenvalue weighted by molar-refractivity contribution is 5.86. The van der Waals surface area contributed by atoms with E-state index in [2.05, 4.69) is 26.2 Å². The van der Waals surface area contributed by atoms with Crippen molar-refractivity contribution in [1.82, 2.24) is 0 Å². The SMILES string of the molecule is C=C1CC(OC(C)C2OC(=O)C3CC(C)CC32)=CC(CCOC(=O)C(=C)C)C1.CC.CC. The summed E-state index contributed by atoms with van der Waals surface area (Å²) >= 11 is 0. The van der Waals surface area contributed by atoms with Crippen molar-refractivity contribution in [3.8, 4) is 0 Å². The molecule has 0 radical (unpaired) electrons. The second-order valence-electron chi connectivity index (χ2n) is 8.80. The molecule has 0 spiro atoms. The van der Waals surface area contributed by atoms with E-state index in [4.69, 9.17) is 14.2 Å². The summed E-state index contributed by atoms with van der Waals surface area (Å²) in [5.41, 5.74) is 1.52. The van der Waals surface area contributed by atoms with E-state index in [0.29, 0.717) is 24.5 Å². The number of esters is 2. The molecule has 6 unspecified atom stereocenters. The first kappa shape index (κ1) is 28.0. The van der Waals surface area contributed by atoms with Gasteiger partial charge in [-0.25, -0.2) is 4.79 Å². The van der Waals surface area contributed by atoms with E-state index in [-0.39, 0.29) is 41.9 Å². The number of fused-ring (bicyclic) bond motifs is 1. The highest BCUT2D eigenvalue weighted by Gasteiger charge is 2.51. The zero-order chi connectivity index (χ0) is 24.4. The van der Waals surface area contributed by atoms with Crippen molar-refractivity contribution < 1.29 is 23.8 Å². The van der Waals surface area contributed by atoms with Crippen molar-refractivity contribution in [2.24, 2.45) is 23.7 Å². The third-order valence-electron chi connectivity index (χ3n) is 6.09. The fourth-order valence-corrected chi connectivity index (χ4v) is 4.79.